The van der Waals surface area contributed by atoms with Crippen LogP contribution in [0.25, 0.3) is 0 Å². The Morgan fingerprint density at radius 3 is 1.87 bits per heavy atom. The third-order valence-electron chi connectivity index (χ3n) is 5.26. The minimum Gasteiger partial charge on any atom is -0.207 e. The van der Waals surface area contributed by atoms with Gasteiger partial charge in [-0.15, -0.1) is 0 Å². The molecule has 0 fully saturated rings. The van der Waals surface area contributed by atoms with E-state index in [1.165, 1.54) is 17.7 Å². The lowest BCUT2D eigenvalue weighted by Gasteiger charge is -2.20. The molecule has 1 N–H and O–H groups in total. The van der Waals surface area contributed by atoms with E-state index in [2.05, 4.69) is 23.8 Å². The summed E-state index contributed by atoms with van der Waals surface area (Å²) in [6, 6.07) is 21.8. The average molecular weight is 476 g/mol. The summed E-state index contributed by atoms with van der Waals surface area (Å²) in [5, 5.41) is 1.19. The van der Waals surface area contributed by atoms with Gasteiger partial charge >= 0.3 is 0 Å². The van der Waals surface area contributed by atoms with Gasteiger partial charge in [0, 0.05) is 16.1 Å². The van der Waals surface area contributed by atoms with E-state index < -0.39 is 10.0 Å². The summed E-state index contributed by atoms with van der Waals surface area (Å²) in [7, 11) is -3.69. The number of unbranched alkanes of at least 4 members (excludes halogenated alkanes) is 1. The first-order valence-electron chi connectivity index (χ1n) is 10.5. The molecule has 31 heavy (non-hydrogen) atoms. The Labute approximate surface area is 195 Å². The Kier molecular flexibility index (Phi) is 8.56. The molecule has 0 radical (unpaired) electrons. The molecule has 0 saturated carbocycles. The van der Waals surface area contributed by atoms with Crippen LogP contribution >= 0.6 is 23.2 Å². The van der Waals surface area contributed by atoms with Crippen molar-refractivity contribution in [2.24, 2.45) is 0 Å². The van der Waals surface area contributed by atoms with Crippen molar-refractivity contribution in [3.05, 3.63) is 99.5 Å². The lowest BCUT2D eigenvalue weighted by molar-refractivity contribution is 0.539. The maximum Gasteiger partial charge on any atom is 0.241 e. The number of benzene rings is 3. The Morgan fingerprint density at radius 2 is 1.29 bits per heavy atom. The highest BCUT2D eigenvalue weighted by atomic mass is 35.5. The van der Waals surface area contributed by atoms with Gasteiger partial charge in [0.25, 0.3) is 0 Å². The summed E-state index contributed by atoms with van der Waals surface area (Å²) in [6.07, 6.45) is 4.67. The number of halogens is 2. The molecule has 3 rings (SSSR count). The number of nitrogens with one attached hydrogen (secondary N) is 1. The van der Waals surface area contributed by atoms with Gasteiger partial charge < -0.3 is 0 Å². The van der Waals surface area contributed by atoms with Gasteiger partial charge in [-0.1, -0.05) is 72.9 Å². The summed E-state index contributed by atoms with van der Waals surface area (Å²) >= 11 is 11.9. The largest absolute Gasteiger partial charge is 0.241 e. The molecular formula is C25H27Cl2NO2S. The van der Waals surface area contributed by atoms with Crippen molar-refractivity contribution >= 4 is 33.2 Å². The normalized spacial score (nSPS) is 12.6. The van der Waals surface area contributed by atoms with E-state index in [1.807, 2.05) is 36.4 Å². The molecule has 164 valence electrons. The van der Waals surface area contributed by atoms with Crippen LogP contribution in [-0.4, -0.2) is 8.42 Å². The van der Waals surface area contributed by atoms with E-state index in [-0.39, 0.29) is 10.9 Å². The molecule has 1 unspecified atom stereocenters. The predicted octanol–water partition coefficient (Wildman–Crippen LogP) is 6.99. The maximum atomic E-state index is 13.0. The van der Waals surface area contributed by atoms with Crippen LogP contribution < -0.4 is 4.72 Å². The van der Waals surface area contributed by atoms with Crippen LogP contribution in [0.5, 0.6) is 0 Å². The van der Waals surface area contributed by atoms with E-state index in [0.717, 1.165) is 36.8 Å². The van der Waals surface area contributed by atoms with Gasteiger partial charge in [-0.25, -0.2) is 13.1 Å². The first-order chi connectivity index (χ1) is 14.9. The van der Waals surface area contributed by atoms with Crippen LogP contribution in [-0.2, 0) is 22.9 Å². The molecule has 0 saturated heterocycles. The van der Waals surface area contributed by atoms with Gasteiger partial charge in [0.15, 0.2) is 0 Å². The smallest absolute Gasteiger partial charge is 0.207 e. The molecule has 3 aromatic carbocycles. The molecule has 0 aliphatic rings. The van der Waals surface area contributed by atoms with Crippen LogP contribution in [0, 0.1) is 0 Å². The fraction of sp³-hybridized carbons (Fsp3) is 0.280. The molecule has 3 aromatic rings. The molecule has 0 aliphatic heterocycles. The SMILES string of the molecule is CCCCc1ccc(C(CCc2ccc(Cl)cc2)NS(=O)(=O)c2ccc(Cl)cc2)cc1. The van der Waals surface area contributed by atoms with Gasteiger partial charge in [0.05, 0.1) is 4.90 Å². The maximum absolute atomic E-state index is 13.0. The summed E-state index contributed by atoms with van der Waals surface area (Å²) in [4.78, 5) is 0.202. The quantitative estimate of drug-likeness (QED) is 0.343. The van der Waals surface area contributed by atoms with Gasteiger partial charge in [-0.2, -0.15) is 0 Å². The standard InChI is InChI=1S/C25H27Cl2NO2S/c1-2-3-4-19-5-10-21(11-6-19)25(18-9-20-7-12-22(26)13-8-20)28-31(29,30)24-16-14-23(27)15-17-24/h5-8,10-17,25,28H,2-4,9,18H2,1H3. The second-order valence-corrected chi connectivity index (χ2v) is 10.2. The zero-order valence-electron chi connectivity index (χ0n) is 17.5. The van der Waals surface area contributed by atoms with Crippen LogP contribution in [0.15, 0.2) is 77.7 Å². The van der Waals surface area contributed by atoms with Crippen molar-refractivity contribution < 1.29 is 8.42 Å². The van der Waals surface area contributed by atoms with Crippen molar-refractivity contribution in [3.8, 4) is 0 Å². The molecular weight excluding hydrogens is 449 g/mol. The zero-order valence-corrected chi connectivity index (χ0v) is 19.9. The number of hydrogen-bond acceptors (Lipinski definition) is 2. The Bertz CT molecular complexity index is 1060. The van der Waals surface area contributed by atoms with Crippen molar-refractivity contribution in [2.45, 2.75) is 50.0 Å². The number of aryl methyl sites for hydroxylation is 2. The van der Waals surface area contributed by atoms with Crippen molar-refractivity contribution in [1.29, 1.82) is 0 Å². The molecule has 0 bridgehead atoms. The Hall–Kier alpha value is -1.85. The lowest BCUT2D eigenvalue weighted by Crippen LogP contribution is -2.29. The first kappa shape index (κ1) is 23.8. The fourth-order valence-electron chi connectivity index (χ4n) is 3.42. The number of hydrogen-bond donors (Lipinski definition) is 1. The summed E-state index contributed by atoms with van der Waals surface area (Å²) in [6.45, 7) is 2.17. The van der Waals surface area contributed by atoms with Crippen molar-refractivity contribution in [2.75, 3.05) is 0 Å². The Balaban J connectivity index is 1.82. The van der Waals surface area contributed by atoms with Gasteiger partial charge in [-0.3, -0.25) is 0 Å². The molecule has 0 aliphatic carbocycles. The highest BCUT2D eigenvalue weighted by Gasteiger charge is 2.21. The topological polar surface area (TPSA) is 46.2 Å². The van der Waals surface area contributed by atoms with Gasteiger partial charge in [0.1, 0.15) is 0 Å². The molecule has 0 amide bonds. The highest BCUT2D eigenvalue weighted by Crippen LogP contribution is 2.24. The van der Waals surface area contributed by atoms with E-state index in [0.29, 0.717) is 16.5 Å². The molecule has 0 aromatic heterocycles. The summed E-state index contributed by atoms with van der Waals surface area (Å²) in [5.74, 6) is 0. The monoisotopic (exact) mass is 475 g/mol. The van der Waals surface area contributed by atoms with Crippen molar-refractivity contribution in [3.63, 3.8) is 0 Å². The molecule has 3 nitrogen and oxygen atoms in total. The first-order valence-corrected chi connectivity index (χ1v) is 12.7. The minimum absolute atomic E-state index is 0.202. The lowest BCUT2D eigenvalue weighted by atomic mass is 9.98. The second-order valence-electron chi connectivity index (χ2n) is 7.64. The molecule has 0 spiro atoms. The predicted molar refractivity (Wildman–Crippen MR) is 129 cm³/mol. The molecule has 1 atom stereocenters. The summed E-state index contributed by atoms with van der Waals surface area (Å²) in [5.41, 5.74) is 3.33. The van der Waals surface area contributed by atoms with E-state index in [4.69, 9.17) is 23.2 Å². The average Bonchev–Trinajstić information content (AvgIpc) is 2.77. The van der Waals surface area contributed by atoms with E-state index >= 15 is 0 Å². The van der Waals surface area contributed by atoms with E-state index in [9.17, 15) is 8.42 Å². The third-order valence-corrected chi connectivity index (χ3v) is 7.25. The Morgan fingerprint density at radius 1 is 0.774 bits per heavy atom. The molecule has 0 heterocycles. The van der Waals surface area contributed by atoms with Crippen LogP contribution in [0.2, 0.25) is 10.0 Å². The van der Waals surface area contributed by atoms with Crippen molar-refractivity contribution in [1.82, 2.24) is 4.72 Å². The fourth-order valence-corrected chi connectivity index (χ4v) is 4.93. The third kappa shape index (κ3) is 7.08. The van der Waals surface area contributed by atoms with E-state index in [1.54, 1.807) is 12.1 Å². The number of sulfonamides is 1. The second kappa shape index (κ2) is 11.1. The minimum atomic E-state index is -3.69. The van der Waals surface area contributed by atoms with Gasteiger partial charge in [-0.05, 0) is 78.8 Å². The molecule has 6 heteroatoms. The van der Waals surface area contributed by atoms with Crippen LogP contribution in [0.3, 0.4) is 0 Å². The van der Waals surface area contributed by atoms with Crippen LogP contribution in [0.1, 0.15) is 48.9 Å². The summed E-state index contributed by atoms with van der Waals surface area (Å²) < 4.78 is 28.9. The number of rotatable bonds is 10. The zero-order chi connectivity index (χ0) is 22.3. The highest BCUT2D eigenvalue weighted by molar-refractivity contribution is 7.89. The van der Waals surface area contributed by atoms with Crippen LogP contribution in [0.4, 0.5) is 0 Å². The van der Waals surface area contributed by atoms with Gasteiger partial charge in [0.2, 0.25) is 10.0 Å².